The molecule has 2 amide bonds. The van der Waals surface area contributed by atoms with Gasteiger partial charge in [-0.05, 0) is 29.9 Å². The van der Waals surface area contributed by atoms with Crippen molar-refractivity contribution >= 4 is 37.7 Å². The number of halogens is 5. The van der Waals surface area contributed by atoms with E-state index in [-0.39, 0.29) is 22.1 Å². The zero-order valence-corrected chi connectivity index (χ0v) is 18.2. The Labute approximate surface area is 182 Å². The van der Waals surface area contributed by atoms with Crippen LogP contribution in [0.3, 0.4) is 0 Å². The molecule has 0 fully saturated rings. The molecule has 1 unspecified atom stereocenters. The van der Waals surface area contributed by atoms with Crippen LogP contribution in [0.1, 0.15) is 12.5 Å². The molecule has 0 aromatic heterocycles. The fourth-order valence-electron chi connectivity index (χ4n) is 3.35. The maximum atomic E-state index is 15.3. The van der Waals surface area contributed by atoms with E-state index in [0.717, 1.165) is 37.9 Å². The molecule has 0 aliphatic carbocycles. The quantitative estimate of drug-likeness (QED) is 0.299. The van der Waals surface area contributed by atoms with E-state index in [0.29, 0.717) is 4.90 Å². The SMILES string of the molecule is C#CCN1C(=O)C(F)(F)Oc2cc(P)c(-c3c(F)c(C)c(N(C)C(C)=O)c(F)c3F)cc21. The predicted octanol–water partition coefficient (Wildman–Crippen LogP) is 3.51. The van der Waals surface area contributed by atoms with Gasteiger partial charge in [-0.3, -0.25) is 14.5 Å². The number of hydrogen-bond donors (Lipinski definition) is 0. The van der Waals surface area contributed by atoms with E-state index < -0.39 is 58.9 Å². The molecule has 1 heterocycles. The highest BCUT2D eigenvalue weighted by Crippen LogP contribution is 2.43. The molecule has 2 aromatic rings. The molecule has 0 saturated heterocycles. The molecular formula is C21H16F5N2O3P. The first kappa shape index (κ1) is 23.5. The zero-order valence-electron chi connectivity index (χ0n) is 17.0. The van der Waals surface area contributed by atoms with Crippen molar-refractivity contribution in [3.63, 3.8) is 0 Å². The minimum Gasteiger partial charge on any atom is -0.423 e. The van der Waals surface area contributed by atoms with Gasteiger partial charge in [0, 0.05) is 19.5 Å². The second-order valence-electron chi connectivity index (χ2n) is 6.99. The van der Waals surface area contributed by atoms with Gasteiger partial charge in [-0.1, -0.05) is 5.92 Å². The Bertz CT molecular complexity index is 1180. The highest BCUT2D eigenvalue weighted by Gasteiger charge is 2.50. The molecule has 2 aromatic carbocycles. The van der Waals surface area contributed by atoms with Crippen molar-refractivity contribution in [3.8, 4) is 29.2 Å². The summed E-state index contributed by atoms with van der Waals surface area (Å²) in [6, 6.07) is 2.03. The van der Waals surface area contributed by atoms with Crippen molar-refractivity contribution in [2.75, 3.05) is 23.4 Å². The molecule has 1 atom stereocenters. The van der Waals surface area contributed by atoms with Crippen LogP contribution < -0.4 is 19.8 Å². The third kappa shape index (κ3) is 3.56. The van der Waals surface area contributed by atoms with Crippen LogP contribution in [-0.4, -0.2) is 31.5 Å². The monoisotopic (exact) mass is 470 g/mol. The molecule has 0 spiro atoms. The van der Waals surface area contributed by atoms with E-state index in [1.54, 1.807) is 0 Å². The first-order valence-electron chi connectivity index (χ1n) is 9.00. The van der Waals surface area contributed by atoms with Crippen LogP contribution in [-0.2, 0) is 9.59 Å². The Balaban J connectivity index is 2.31. The average Bonchev–Trinajstić information content (AvgIpc) is 2.70. The Kier molecular flexibility index (Phi) is 5.92. The standard InChI is InChI=1S/C21H16F5N2O3P/c1-5-6-28-12-7-11(14(32)8-13(12)31-21(25,26)20(28)30)15-16(22)9(2)19(18(24)17(15)23)27(4)10(3)29/h1,7-8H,6,32H2,2-4H3. The summed E-state index contributed by atoms with van der Waals surface area (Å²) in [5.74, 6) is -5.05. The van der Waals surface area contributed by atoms with Crippen LogP contribution >= 0.6 is 9.24 Å². The van der Waals surface area contributed by atoms with Crippen LogP contribution in [0.15, 0.2) is 12.1 Å². The highest BCUT2D eigenvalue weighted by atomic mass is 31.0. The second kappa shape index (κ2) is 8.06. The highest BCUT2D eigenvalue weighted by molar-refractivity contribution is 7.28. The number of amides is 2. The van der Waals surface area contributed by atoms with Crippen molar-refractivity contribution in [2.45, 2.75) is 20.0 Å². The Morgan fingerprint density at radius 1 is 1.25 bits per heavy atom. The molecule has 0 bridgehead atoms. The first-order chi connectivity index (χ1) is 14.8. The molecule has 0 radical (unpaired) electrons. The number of nitrogens with zero attached hydrogens (tertiary/aromatic N) is 2. The van der Waals surface area contributed by atoms with Gasteiger partial charge in [-0.2, -0.15) is 8.78 Å². The topological polar surface area (TPSA) is 49.9 Å². The summed E-state index contributed by atoms with van der Waals surface area (Å²) < 4.78 is 77.5. The third-order valence-electron chi connectivity index (χ3n) is 5.00. The van der Waals surface area contributed by atoms with Gasteiger partial charge in [-0.15, -0.1) is 15.7 Å². The van der Waals surface area contributed by atoms with E-state index >= 15 is 8.78 Å². The molecule has 32 heavy (non-hydrogen) atoms. The van der Waals surface area contributed by atoms with Gasteiger partial charge < -0.3 is 9.64 Å². The minimum absolute atomic E-state index is 0.0150. The summed E-state index contributed by atoms with van der Waals surface area (Å²) in [7, 11) is 3.25. The molecule has 168 valence electrons. The number of hydrogen-bond acceptors (Lipinski definition) is 3. The lowest BCUT2D eigenvalue weighted by atomic mass is 9.98. The normalized spacial score (nSPS) is 14.5. The van der Waals surface area contributed by atoms with Crippen LogP contribution in [0.4, 0.5) is 33.3 Å². The number of terminal acetylenes is 1. The maximum absolute atomic E-state index is 15.3. The number of alkyl halides is 2. The molecule has 3 rings (SSSR count). The predicted molar refractivity (Wildman–Crippen MR) is 112 cm³/mol. The zero-order chi connectivity index (χ0) is 24.1. The fraction of sp³-hybridized carbons (Fsp3) is 0.238. The van der Waals surface area contributed by atoms with E-state index in [1.807, 2.05) is 0 Å². The molecule has 11 heteroatoms. The molecule has 1 aliphatic heterocycles. The summed E-state index contributed by atoms with van der Waals surface area (Å²) in [6.07, 6.45) is 0.974. The maximum Gasteiger partial charge on any atom is 0.483 e. The Morgan fingerprint density at radius 2 is 1.88 bits per heavy atom. The number of rotatable bonds is 3. The number of carbonyl (C=O) groups excluding carboxylic acids is 2. The second-order valence-corrected chi connectivity index (χ2v) is 7.61. The summed E-state index contributed by atoms with van der Waals surface area (Å²) in [4.78, 5) is 25.0. The lowest BCUT2D eigenvalue weighted by Gasteiger charge is -2.33. The molecule has 0 saturated carbocycles. The average molecular weight is 470 g/mol. The van der Waals surface area contributed by atoms with Crippen LogP contribution in [0.25, 0.3) is 11.1 Å². The summed E-state index contributed by atoms with van der Waals surface area (Å²) >= 11 is 0. The van der Waals surface area contributed by atoms with E-state index in [4.69, 9.17) is 6.42 Å². The molecule has 0 N–H and O–H groups in total. The number of fused-ring (bicyclic) bond motifs is 1. The van der Waals surface area contributed by atoms with Gasteiger partial charge in [-0.25, -0.2) is 13.2 Å². The van der Waals surface area contributed by atoms with Gasteiger partial charge in [0.2, 0.25) is 5.91 Å². The van der Waals surface area contributed by atoms with E-state index in [9.17, 15) is 22.8 Å². The van der Waals surface area contributed by atoms with Crippen molar-refractivity contribution in [1.29, 1.82) is 0 Å². The van der Waals surface area contributed by atoms with Crippen LogP contribution in [0.5, 0.6) is 5.75 Å². The Morgan fingerprint density at radius 3 is 2.44 bits per heavy atom. The summed E-state index contributed by atoms with van der Waals surface area (Å²) in [5.41, 5.74) is -2.24. The van der Waals surface area contributed by atoms with E-state index in [2.05, 4.69) is 19.9 Å². The van der Waals surface area contributed by atoms with Gasteiger partial charge in [0.1, 0.15) is 5.82 Å². The molecule has 5 nitrogen and oxygen atoms in total. The minimum atomic E-state index is -4.19. The lowest BCUT2D eigenvalue weighted by Crippen LogP contribution is -2.51. The van der Waals surface area contributed by atoms with Crippen molar-refractivity contribution in [2.24, 2.45) is 0 Å². The summed E-state index contributed by atoms with van der Waals surface area (Å²) in [5, 5.41) is -0.0150. The summed E-state index contributed by atoms with van der Waals surface area (Å²) in [6.45, 7) is 1.69. The molecule has 1 aliphatic rings. The third-order valence-corrected chi connectivity index (χ3v) is 5.48. The number of carbonyl (C=O) groups is 2. The van der Waals surface area contributed by atoms with Gasteiger partial charge in [0.25, 0.3) is 0 Å². The van der Waals surface area contributed by atoms with Crippen molar-refractivity contribution in [1.82, 2.24) is 0 Å². The van der Waals surface area contributed by atoms with Crippen molar-refractivity contribution in [3.05, 3.63) is 35.1 Å². The Hall–Kier alpha value is -3.18. The largest absolute Gasteiger partial charge is 0.483 e. The van der Waals surface area contributed by atoms with Crippen molar-refractivity contribution < 1.29 is 36.3 Å². The van der Waals surface area contributed by atoms with E-state index in [1.165, 1.54) is 0 Å². The lowest BCUT2D eigenvalue weighted by molar-refractivity contribution is -0.192. The number of anilines is 2. The molecular weight excluding hydrogens is 454 g/mol. The van der Waals surface area contributed by atoms with Gasteiger partial charge >= 0.3 is 12.0 Å². The first-order valence-corrected chi connectivity index (χ1v) is 9.58. The smallest absolute Gasteiger partial charge is 0.423 e. The number of benzene rings is 2. The van der Waals surface area contributed by atoms with Gasteiger partial charge in [0.15, 0.2) is 17.4 Å². The van der Waals surface area contributed by atoms with Crippen LogP contribution in [0.2, 0.25) is 0 Å². The van der Waals surface area contributed by atoms with Gasteiger partial charge in [0.05, 0.1) is 23.5 Å². The van der Waals surface area contributed by atoms with Crippen LogP contribution in [0, 0.1) is 36.7 Å². The number of ether oxygens (including phenoxy) is 1. The fourth-order valence-corrected chi connectivity index (χ4v) is 3.73.